The zero-order valence-electron chi connectivity index (χ0n) is 14.6. The SMILES string of the molecule is CCn1c[n+](C[C@@H](O)COc2ccc(C(C)=O)cc2)c2ccccc21. The van der Waals surface area contributed by atoms with E-state index in [1.54, 1.807) is 24.3 Å². The second-order valence-electron chi connectivity index (χ2n) is 6.09. The van der Waals surface area contributed by atoms with Gasteiger partial charge in [0.25, 0.3) is 0 Å². The zero-order valence-corrected chi connectivity index (χ0v) is 14.6. The Balaban J connectivity index is 1.65. The Morgan fingerprint density at radius 1 is 1.20 bits per heavy atom. The summed E-state index contributed by atoms with van der Waals surface area (Å²) in [5.41, 5.74) is 2.89. The molecule has 0 amide bonds. The lowest BCUT2D eigenvalue weighted by Gasteiger charge is -2.11. The molecule has 25 heavy (non-hydrogen) atoms. The number of aliphatic hydroxyl groups excluding tert-OH is 1. The third kappa shape index (κ3) is 3.88. The number of para-hydroxylation sites is 2. The van der Waals surface area contributed by atoms with Crippen molar-refractivity contribution in [1.82, 2.24) is 4.57 Å². The largest absolute Gasteiger partial charge is 0.491 e. The lowest BCUT2D eigenvalue weighted by atomic mass is 10.1. The number of ketones is 1. The molecule has 0 radical (unpaired) electrons. The van der Waals surface area contributed by atoms with Gasteiger partial charge in [-0.05, 0) is 50.2 Å². The number of fused-ring (bicyclic) bond motifs is 1. The van der Waals surface area contributed by atoms with Gasteiger partial charge in [-0.3, -0.25) is 4.79 Å². The van der Waals surface area contributed by atoms with Crippen LogP contribution in [0.3, 0.4) is 0 Å². The lowest BCUT2D eigenvalue weighted by molar-refractivity contribution is -0.679. The van der Waals surface area contributed by atoms with Crippen LogP contribution in [0.4, 0.5) is 0 Å². The number of benzene rings is 2. The average Bonchev–Trinajstić information content (AvgIpc) is 2.98. The van der Waals surface area contributed by atoms with Crippen LogP contribution in [0.5, 0.6) is 5.75 Å². The number of hydrogen-bond donors (Lipinski definition) is 1. The molecule has 130 valence electrons. The molecule has 1 N–H and O–H groups in total. The summed E-state index contributed by atoms with van der Waals surface area (Å²) in [5, 5.41) is 10.3. The molecule has 5 nitrogen and oxygen atoms in total. The Morgan fingerprint density at radius 2 is 1.92 bits per heavy atom. The van der Waals surface area contributed by atoms with E-state index in [-0.39, 0.29) is 12.4 Å². The first-order valence-corrected chi connectivity index (χ1v) is 8.47. The third-order valence-electron chi connectivity index (χ3n) is 4.23. The fraction of sp³-hybridized carbons (Fsp3) is 0.300. The minimum atomic E-state index is -0.631. The monoisotopic (exact) mass is 339 g/mol. The second kappa shape index (κ2) is 7.49. The number of carbonyl (C=O) groups is 1. The number of aliphatic hydroxyl groups is 1. The van der Waals surface area contributed by atoms with Crippen LogP contribution in [-0.2, 0) is 13.1 Å². The number of nitrogens with zero attached hydrogens (tertiary/aromatic N) is 2. The minimum absolute atomic E-state index is 0.0234. The van der Waals surface area contributed by atoms with Gasteiger partial charge in [-0.25, -0.2) is 9.13 Å². The number of aryl methyl sites for hydroxylation is 1. The van der Waals surface area contributed by atoms with Crippen molar-refractivity contribution in [3.8, 4) is 5.75 Å². The molecule has 0 aliphatic rings. The molecule has 0 bridgehead atoms. The Bertz CT molecular complexity index is 868. The lowest BCUT2D eigenvalue weighted by Crippen LogP contribution is -2.41. The van der Waals surface area contributed by atoms with Gasteiger partial charge >= 0.3 is 0 Å². The van der Waals surface area contributed by atoms with Gasteiger partial charge in [0.2, 0.25) is 6.33 Å². The van der Waals surface area contributed by atoms with Crippen LogP contribution in [0.15, 0.2) is 54.9 Å². The van der Waals surface area contributed by atoms with E-state index >= 15 is 0 Å². The first kappa shape index (κ1) is 17.2. The number of carbonyl (C=O) groups excluding carboxylic acids is 1. The maximum atomic E-state index is 11.3. The molecular weight excluding hydrogens is 316 g/mol. The zero-order chi connectivity index (χ0) is 17.8. The van der Waals surface area contributed by atoms with Crippen molar-refractivity contribution in [2.45, 2.75) is 33.0 Å². The summed E-state index contributed by atoms with van der Waals surface area (Å²) in [6.45, 7) is 5.16. The van der Waals surface area contributed by atoms with E-state index in [1.807, 2.05) is 23.0 Å². The van der Waals surface area contributed by atoms with Crippen molar-refractivity contribution < 1.29 is 19.2 Å². The number of imidazole rings is 1. The topological polar surface area (TPSA) is 55.3 Å². The molecule has 0 saturated carbocycles. The molecule has 1 aromatic heterocycles. The number of Topliss-reactive ketones (excluding diaryl/α,β-unsaturated/α-hetero) is 1. The normalized spacial score (nSPS) is 12.3. The molecule has 0 spiro atoms. The van der Waals surface area contributed by atoms with Crippen LogP contribution in [0, 0.1) is 0 Å². The van der Waals surface area contributed by atoms with E-state index in [0.717, 1.165) is 17.6 Å². The molecule has 2 aromatic carbocycles. The molecule has 1 heterocycles. The Hall–Kier alpha value is -2.66. The smallest absolute Gasteiger partial charge is 0.244 e. The molecule has 0 aliphatic carbocycles. The number of rotatable bonds is 7. The van der Waals surface area contributed by atoms with E-state index in [0.29, 0.717) is 17.9 Å². The van der Waals surface area contributed by atoms with Crippen LogP contribution in [-0.4, -0.2) is 28.2 Å². The fourth-order valence-electron chi connectivity index (χ4n) is 2.90. The van der Waals surface area contributed by atoms with Crippen LogP contribution >= 0.6 is 0 Å². The predicted molar refractivity (Wildman–Crippen MR) is 95.8 cm³/mol. The molecule has 1 atom stereocenters. The van der Waals surface area contributed by atoms with Crippen molar-refractivity contribution >= 4 is 16.8 Å². The van der Waals surface area contributed by atoms with Gasteiger partial charge in [0.05, 0.1) is 6.54 Å². The average molecular weight is 339 g/mol. The van der Waals surface area contributed by atoms with Crippen LogP contribution in [0.25, 0.3) is 11.0 Å². The summed E-state index contributed by atoms with van der Waals surface area (Å²) in [6.07, 6.45) is 1.39. The molecule has 5 heteroatoms. The van der Waals surface area contributed by atoms with Gasteiger partial charge < -0.3 is 9.84 Å². The highest BCUT2D eigenvalue weighted by molar-refractivity contribution is 5.94. The second-order valence-corrected chi connectivity index (χ2v) is 6.09. The number of aromatic nitrogens is 2. The summed E-state index contributed by atoms with van der Waals surface area (Å²) < 4.78 is 9.84. The number of ether oxygens (including phenoxy) is 1. The van der Waals surface area contributed by atoms with Crippen molar-refractivity contribution in [2.75, 3.05) is 6.61 Å². The van der Waals surface area contributed by atoms with Crippen LogP contribution < -0.4 is 9.30 Å². The standard InChI is InChI=1S/C20H23N2O3/c1-3-21-14-22(20-7-5-4-6-19(20)21)12-17(24)13-25-18-10-8-16(9-11-18)15(2)23/h4-11,14,17,24H,3,12-13H2,1-2H3/q+1/t17-/m1/s1. The predicted octanol–water partition coefficient (Wildman–Crippen LogP) is 2.59. The highest BCUT2D eigenvalue weighted by atomic mass is 16.5. The molecule has 0 unspecified atom stereocenters. The molecular formula is C20H23N2O3+. The number of hydrogen-bond acceptors (Lipinski definition) is 3. The van der Waals surface area contributed by atoms with E-state index in [1.165, 1.54) is 6.92 Å². The third-order valence-corrected chi connectivity index (χ3v) is 4.23. The van der Waals surface area contributed by atoms with Gasteiger partial charge in [-0.1, -0.05) is 12.1 Å². The summed E-state index contributed by atoms with van der Waals surface area (Å²) in [6, 6.07) is 15.1. The van der Waals surface area contributed by atoms with Crippen molar-refractivity contribution in [1.29, 1.82) is 0 Å². The van der Waals surface area contributed by atoms with E-state index in [4.69, 9.17) is 4.74 Å². The molecule has 0 fully saturated rings. The van der Waals surface area contributed by atoms with Gasteiger partial charge in [-0.15, -0.1) is 0 Å². The summed E-state index contributed by atoms with van der Waals surface area (Å²) >= 11 is 0. The van der Waals surface area contributed by atoms with Gasteiger partial charge in [0, 0.05) is 5.56 Å². The van der Waals surface area contributed by atoms with Gasteiger partial charge in [0.15, 0.2) is 16.8 Å². The van der Waals surface area contributed by atoms with Gasteiger partial charge in [-0.2, -0.15) is 0 Å². The quantitative estimate of drug-likeness (QED) is 0.532. The summed E-state index contributed by atoms with van der Waals surface area (Å²) in [4.78, 5) is 11.3. The minimum Gasteiger partial charge on any atom is -0.491 e. The van der Waals surface area contributed by atoms with E-state index in [9.17, 15) is 9.90 Å². The van der Waals surface area contributed by atoms with Crippen molar-refractivity contribution in [3.05, 3.63) is 60.4 Å². The van der Waals surface area contributed by atoms with Crippen molar-refractivity contribution in [2.24, 2.45) is 0 Å². The van der Waals surface area contributed by atoms with Gasteiger partial charge in [0.1, 0.15) is 25.0 Å². The van der Waals surface area contributed by atoms with Crippen LogP contribution in [0.1, 0.15) is 24.2 Å². The Kier molecular flexibility index (Phi) is 5.14. The van der Waals surface area contributed by atoms with E-state index in [2.05, 4.69) is 23.6 Å². The summed E-state index contributed by atoms with van der Waals surface area (Å²) in [5.74, 6) is 0.667. The molecule has 0 saturated heterocycles. The maximum absolute atomic E-state index is 11.3. The molecule has 0 aliphatic heterocycles. The Labute approximate surface area is 147 Å². The highest BCUT2D eigenvalue weighted by Gasteiger charge is 2.17. The first-order valence-electron chi connectivity index (χ1n) is 8.47. The molecule has 3 rings (SSSR count). The first-order chi connectivity index (χ1) is 12.1. The van der Waals surface area contributed by atoms with Crippen molar-refractivity contribution in [3.63, 3.8) is 0 Å². The van der Waals surface area contributed by atoms with E-state index < -0.39 is 6.10 Å². The van der Waals surface area contributed by atoms with Crippen LogP contribution in [0.2, 0.25) is 0 Å². The Morgan fingerprint density at radius 3 is 2.60 bits per heavy atom. The fourth-order valence-corrected chi connectivity index (χ4v) is 2.90. The highest BCUT2D eigenvalue weighted by Crippen LogP contribution is 2.14. The summed E-state index contributed by atoms with van der Waals surface area (Å²) in [7, 11) is 0. The maximum Gasteiger partial charge on any atom is 0.244 e. The molecule has 3 aromatic rings.